The van der Waals surface area contributed by atoms with Gasteiger partial charge in [0.15, 0.2) is 0 Å². The number of nitrogens with zero attached hydrogens (tertiary/aromatic N) is 1. The van der Waals surface area contributed by atoms with Gasteiger partial charge in [0.2, 0.25) is 0 Å². The van der Waals surface area contributed by atoms with E-state index in [2.05, 4.69) is 53.3 Å². The van der Waals surface area contributed by atoms with Gasteiger partial charge in [0, 0.05) is 18.0 Å². The first-order valence-corrected chi connectivity index (χ1v) is 7.09. The number of rotatable bonds is 6. The molecule has 1 rings (SSSR count). The van der Waals surface area contributed by atoms with Gasteiger partial charge in [0.05, 0.1) is 15.8 Å². The second-order valence-electron chi connectivity index (χ2n) is 4.14. The molecule has 0 radical (unpaired) electrons. The van der Waals surface area contributed by atoms with Crippen molar-refractivity contribution in [3.05, 3.63) is 20.8 Å². The second kappa shape index (κ2) is 7.05. The lowest BCUT2D eigenvalue weighted by Gasteiger charge is -2.13. The molecule has 0 amide bonds. The Bertz CT molecular complexity index is 354. The maximum absolute atomic E-state index is 8.92. The van der Waals surface area contributed by atoms with E-state index in [9.17, 15) is 0 Å². The van der Waals surface area contributed by atoms with Gasteiger partial charge in [0.25, 0.3) is 0 Å². The Labute approximate surface area is 110 Å². The molecule has 1 atom stereocenters. The van der Waals surface area contributed by atoms with Gasteiger partial charge in [-0.3, -0.25) is 0 Å². The first-order chi connectivity index (χ1) is 7.63. The van der Waals surface area contributed by atoms with E-state index in [0.717, 1.165) is 19.5 Å². The van der Waals surface area contributed by atoms with Gasteiger partial charge in [-0.15, -0.1) is 11.3 Å². The van der Waals surface area contributed by atoms with Crippen LogP contribution in [-0.2, 0) is 6.42 Å². The molecule has 0 aliphatic heterocycles. The zero-order valence-corrected chi connectivity index (χ0v) is 12.1. The Kier molecular flexibility index (Phi) is 6.04. The summed E-state index contributed by atoms with van der Waals surface area (Å²) in [5.41, 5.74) is 0. The van der Waals surface area contributed by atoms with Gasteiger partial charge in [-0.2, -0.15) is 5.26 Å². The van der Waals surface area contributed by atoms with E-state index < -0.39 is 0 Å². The SMILES string of the molecule is CC(C)C(C#N)CNCCc1ccc(Br)s1. The molecule has 0 bridgehead atoms. The van der Waals surface area contributed by atoms with Crippen LogP contribution in [0.2, 0.25) is 0 Å². The molecule has 0 spiro atoms. The smallest absolute Gasteiger partial charge is 0.0701 e. The largest absolute Gasteiger partial charge is 0.315 e. The molecule has 1 N–H and O–H groups in total. The molecule has 1 unspecified atom stereocenters. The summed E-state index contributed by atoms with van der Waals surface area (Å²) in [6, 6.07) is 6.55. The first kappa shape index (κ1) is 13.7. The van der Waals surface area contributed by atoms with E-state index >= 15 is 0 Å². The Morgan fingerprint density at radius 3 is 2.75 bits per heavy atom. The third-order valence-electron chi connectivity index (χ3n) is 2.51. The lowest BCUT2D eigenvalue weighted by molar-refractivity contribution is 0.444. The molecule has 16 heavy (non-hydrogen) atoms. The topological polar surface area (TPSA) is 35.8 Å². The Hall–Kier alpha value is -0.370. The fourth-order valence-corrected chi connectivity index (χ4v) is 2.87. The van der Waals surface area contributed by atoms with Crippen LogP contribution < -0.4 is 5.32 Å². The molecular weight excluding hydrogens is 284 g/mol. The minimum Gasteiger partial charge on any atom is -0.315 e. The fraction of sp³-hybridized carbons (Fsp3) is 0.583. The second-order valence-corrected chi connectivity index (χ2v) is 6.69. The third kappa shape index (κ3) is 4.65. The van der Waals surface area contributed by atoms with Crippen LogP contribution in [0.4, 0.5) is 0 Å². The van der Waals surface area contributed by atoms with Crippen LogP contribution in [0.5, 0.6) is 0 Å². The lowest BCUT2D eigenvalue weighted by atomic mass is 9.98. The molecule has 88 valence electrons. The van der Waals surface area contributed by atoms with Crippen LogP contribution in [0.1, 0.15) is 18.7 Å². The van der Waals surface area contributed by atoms with Gasteiger partial charge in [0.1, 0.15) is 0 Å². The standard InChI is InChI=1S/C12H17BrN2S/c1-9(2)10(7-14)8-15-6-5-11-3-4-12(13)16-11/h3-4,9-10,15H,5-6,8H2,1-2H3. The fourth-order valence-electron chi connectivity index (χ4n) is 1.39. The minimum atomic E-state index is 0.120. The van der Waals surface area contributed by atoms with Crippen molar-refractivity contribution in [3.63, 3.8) is 0 Å². The number of nitriles is 1. The molecule has 0 saturated carbocycles. The molecule has 0 aliphatic carbocycles. The maximum Gasteiger partial charge on any atom is 0.0701 e. The van der Waals surface area contributed by atoms with Crippen LogP contribution in [0.3, 0.4) is 0 Å². The van der Waals surface area contributed by atoms with E-state index in [0.29, 0.717) is 5.92 Å². The number of nitrogens with one attached hydrogen (secondary N) is 1. The van der Waals surface area contributed by atoms with E-state index in [-0.39, 0.29) is 5.92 Å². The molecule has 0 aliphatic rings. The number of halogens is 1. The summed E-state index contributed by atoms with van der Waals surface area (Å²) in [6.45, 7) is 5.91. The minimum absolute atomic E-state index is 0.120. The predicted molar refractivity (Wildman–Crippen MR) is 72.5 cm³/mol. The van der Waals surface area contributed by atoms with Crippen molar-refractivity contribution >= 4 is 27.3 Å². The lowest BCUT2D eigenvalue weighted by Crippen LogP contribution is -2.26. The normalized spacial score (nSPS) is 12.7. The summed E-state index contributed by atoms with van der Waals surface area (Å²) < 4.78 is 1.18. The van der Waals surface area contributed by atoms with Gasteiger partial charge < -0.3 is 5.32 Å². The van der Waals surface area contributed by atoms with Gasteiger partial charge in [-0.1, -0.05) is 13.8 Å². The van der Waals surface area contributed by atoms with Crippen molar-refractivity contribution in [3.8, 4) is 6.07 Å². The summed E-state index contributed by atoms with van der Waals surface area (Å²) in [5, 5.41) is 12.3. The average Bonchev–Trinajstić information content (AvgIpc) is 2.64. The monoisotopic (exact) mass is 300 g/mol. The van der Waals surface area contributed by atoms with E-state index in [1.54, 1.807) is 11.3 Å². The molecule has 2 nitrogen and oxygen atoms in total. The van der Waals surface area contributed by atoms with Crippen LogP contribution in [0.15, 0.2) is 15.9 Å². The van der Waals surface area contributed by atoms with Crippen molar-refractivity contribution in [1.29, 1.82) is 5.26 Å². The Morgan fingerprint density at radius 1 is 1.50 bits per heavy atom. The first-order valence-electron chi connectivity index (χ1n) is 5.48. The zero-order valence-electron chi connectivity index (χ0n) is 9.66. The molecule has 1 aromatic heterocycles. The third-order valence-corrected chi connectivity index (χ3v) is 4.20. The molecule has 1 aromatic rings. The molecule has 1 heterocycles. The maximum atomic E-state index is 8.92. The number of thiophene rings is 1. The van der Waals surface area contributed by atoms with Crippen molar-refractivity contribution in [2.24, 2.45) is 11.8 Å². The summed E-state index contributed by atoms with van der Waals surface area (Å²) in [5.74, 6) is 0.545. The summed E-state index contributed by atoms with van der Waals surface area (Å²) in [6.07, 6.45) is 1.03. The highest BCUT2D eigenvalue weighted by Gasteiger charge is 2.10. The Balaban J connectivity index is 2.19. The van der Waals surface area contributed by atoms with Gasteiger partial charge in [-0.05, 0) is 40.4 Å². The van der Waals surface area contributed by atoms with E-state index in [1.165, 1.54) is 8.66 Å². The average molecular weight is 301 g/mol. The summed E-state index contributed by atoms with van der Waals surface area (Å²) in [4.78, 5) is 1.37. The van der Waals surface area contributed by atoms with Crippen molar-refractivity contribution in [1.82, 2.24) is 5.32 Å². The van der Waals surface area contributed by atoms with E-state index in [1.807, 2.05) is 0 Å². The van der Waals surface area contributed by atoms with Crippen molar-refractivity contribution < 1.29 is 0 Å². The molecule has 0 saturated heterocycles. The van der Waals surface area contributed by atoms with Gasteiger partial charge in [-0.25, -0.2) is 0 Å². The van der Waals surface area contributed by atoms with Gasteiger partial charge >= 0.3 is 0 Å². The Morgan fingerprint density at radius 2 is 2.25 bits per heavy atom. The zero-order chi connectivity index (χ0) is 12.0. The highest BCUT2D eigenvalue weighted by atomic mass is 79.9. The summed E-state index contributed by atoms with van der Waals surface area (Å²) >= 11 is 5.22. The highest BCUT2D eigenvalue weighted by Crippen LogP contribution is 2.22. The highest BCUT2D eigenvalue weighted by molar-refractivity contribution is 9.11. The molecule has 0 fully saturated rings. The predicted octanol–water partition coefficient (Wildman–Crippen LogP) is 3.44. The van der Waals surface area contributed by atoms with Crippen LogP contribution in [0.25, 0.3) is 0 Å². The number of hydrogen-bond donors (Lipinski definition) is 1. The molecule has 4 heteroatoms. The van der Waals surface area contributed by atoms with Crippen LogP contribution >= 0.6 is 27.3 Å². The molecule has 0 aromatic carbocycles. The molecular formula is C12H17BrN2S. The summed E-state index contributed by atoms with van der Waals surface area (Å²) in [7, 11) is 0. The van der Waals surface area contributed by atoms with Crippen molar-refractivity contribution in [2.45, 2.75) is 20.3 Å². The van der Waals surface area contributed by atoms with Crippen LogP contribution in [0, 0.1) is 23.2 Å². The van der Waals surface area contributed by atoms with Crippen LogP contribution in [-0.4, -0.2) is 13.1 Å². The van der Waals surface area contributed by atoms with Crippen molar-refractivity contribution in [2.75, 3.05) is 13.1 Å². The van der Waals surface area contributed by atoms with E-state index in [4.69, 9.17) is 5.26 Å². The quantitative estimate of drug-likeness (QED) is 0.817. The number of hydrogen-bond acceptors (Lipinski definition) is 3.